The minimum atomic E-state index is -0.541. The van der Waals surface area contributed by atoms with E-state index in [1.807, 2.05) is 0 Å². The van der Waals surface area contributed by atoms with Crippen LogP contribution in [-0.2, 0) is 0 Å². The predicted molar refractivity (Wildman–Crippen MR) is 116 cm³/mol. The van der Waals surface area contributed by atoms with Crippen LogP contribution in [0.3, 0.4) is 0 Å². The van der Waals surface area contributed by atoms with Crippen molar-refractivity contribution in [2.75, 3.05) is 27.9 Å². The van der Waals surface area contributed by atoms with Gasteiger partial charge in [-0.2, -0.15) is 0 Å². The summed E-state index contributed by atoms with van der Waals surface area (Å²) in [6.45, 7) is 2.68. The number of benzene rings is 2. The van der Waals surface area contributed by atoms with E-state index in [4.69, 9.17) is 18.9 Å². The number of ether oxygens (including phenoxy) is 4. The lowest BCUT2D eigenvalue weighted by Crippen LogP contribution is -2.41. The van der Waals surface area contributed by atoms with Crippen LogP contribution in [0.5, 0.6) is 23.0 Å². The summed E-state index contributed by atoms with van der Waals surface area (Å²) >= 11 is 3.40. The average molecular weight is 481 g/mol. The van der Waals surface area contributed by atoms with Crippen molar-refractivity contribution in [3.8, 4) is 23.0 Å². The number of unbranched alkanes of at least 4 members (excludes halogenated alkanes) is 1. The maximum atomic E-state index is 12.5. The van der Waals surface area contributed by atoms with Crippen molar-refractivity contribution in [1.82, 2.24) is 10.9 Å². The Morgan fingerprint density at radius 1 is 0.867 bits per heavy atom. The molecule has 2 rings (SSSR count). The molecular weight excluding hydrogens is 456 g/mol. The molecule has 0 aliphatic rings. The van der Waals surface area contributed by atoms with Crippen LogP contribution < -0.4 is 29.8 Å². The van der Waals surface area contributed by atoms with Crippen LogP contribution in [-0.4, -0.2) is 39.8 Å². The maximum Gasteiger partial charge on any atom is 0.269 e. The predicted octanol–water partition coefficient (Wildman–Crippen LogP) is 3.73. The molecule has 0 unspecified atom stereocenters. The molecule has 0 radical (unpaired) electrons. The van der Waals surface area contributed by atoms with E-state index < -0.39 is 11.8 Å². The molecule has 0 bridgehead atoms. The molecule has 0 saturated heterocycles. The zero-order valence-corrected chi connectivity index (χ0v) is 18.9. The Morgan fingerprint density at radius 3 is 1.97 bits per heavy atom. The number of nitrogens with one attached hydrogen (secondary N) is 2. The first-order valence-corrected chi connectivity index (χ1v) is 10.1. The highest BCUT2D eigenvalue weighted by Gasteiger charge is 2.18. The van der Waals surface area contributed by atoms with Crippen molar-refractivity contribution >= 4 is 27.7 Å². The van der Waals surface area contributed by atoms with Crippen LogP contribution in [0.2, 0.25) is 0 Å². The lowest BCUT2D eigenvalue weighted by atomic mass is 10.1. The highest BCUT2D eigenvalue weighted by Crippen LogP contribution is 2.38. The van der Waals surface area contributed by atoms with Gasteiger partial charge < -0.3 is 18.9 Å². The Balaban J connectivity index is 2.05. The zero-order valence-electron chi connectivity index (χ0n) is 17.3. The van der Waals surface area contributed by atoms with Crippen LogP contribution in [0.15, 0.2) is 34.8 Å². The second kappa shape index (κ2) is 11.3. The van der Waals surface area contributed by atoms with Crippen molar-refractivity contribution in [3.05, 3.63) is 45.9 Å². The van der Waals surface area contributed by atoms with Gasteiger partial charge in [-0.15, -0.1) is 0 Å². The average Bonchev–Trinajstić information content (AvgIpc) is 2.77. The van der Waals surface area contributed by atoms with Crippen LogP contribution >= 0.6 is 15.9 Å². The topological polar surface area (TPSA) is 95.1 Å². The highest BCUT2D eigenvalue weighted by atomic mass is 79.9. The molecule has 0 heterocycles. The van der Waals surface area contributed by atoms with Crippen molar-refractivity contribution in [1.29, 1.82) is 0 Å². The third-order valence-electron chi connectivity index (χ3n) is 4.17. The van der Waals surface area contributed by atoms with Gasteiger partial charge in [0, 0.05) is 11.1 Å². The van der Waals surface area contributed by atoms with Gasteiger partial charge in [-0.05, 0) is 52.7 Å². The fraction of sp³-hybridized carbons (Fsp3) is 0.333. The molecule has 0 saturated carbocycles. The van der Waals surface area contributed by atoms with E-state index >= 15 is 0 Å². The molecule has 0 aliphatic carbocycles. The summed E-state index contributed by atoms with van der Waals surface area (Å²) in [6.07, 6.45) is 1.98. The van der Waals surface area contributed by atoms with E-state index in [0.717, 1.165) is 12.8 Å². The Hall–Kier alpha value is -2.94. The van der Waals surface area contributed by atoms with Crippen LogP contribution in [0, 0.1) is 0 Å². The molecule has 0 aliphatic heterocycles. The number of hydrazine groups is 1. The van der Waals surface area contributed by atoms with E-state index in [1.165, 1.54) is 33.5 Å². The lowest BCUT2D eigenvalue weighted by molar-refractivity contribution is 0.0846. The summed E-state index contributed by atoms with van der Waals surface area (Å²) in [6, 6.07) is 7.93. The number of carbonyl (C=O) groups is 2. The minimum absolute atomic E-state index is 0.227. The number of halogens is 1. The van der Waals surface area contributed by atoms with E-state index in [2.05, 4.69) is 33.7 Å². The van der Waals surface area contributed by atoms with Gasteiger partial charge in [-0.1, -0.05) is 13.3 Å². The number of rotatable bonds is 9. The molecule has 0 atom stereocenters. The minimum Gasteiger partial charge on any atom is -0.493 e. The molecule has 8 nitrogen and oxygen atoms in total. The van der Waals surface area contributed by atoms with Gasteiger partial charge in [0.15, 0.2) is 11.5 Å². The highest BCUT2D eigenvalue weighted by molar-refractivity contribution is 9.10. The van der Waals surface area contributed by atoms with Gasteiger partial charge in [0.2, 0.25) is 5.75 Å². The molecular formula is C21H25BrN2O6. The first-order chi connectivity index (χ1) is 14.4. The van der Waals surface area contributed by atoms with E-state index in [9.17, 15) is 9.59 Å². The summed E-state index contributed by atoms with van der Waals surface area (Å²) in [5.41, 5.74) is 5.35. The molecule has 9 heteroatoms. The fourth-order valence-corrected chi connectivity index (χ4v) is 3.05. The van der Waals surface area contributed by atoms with E-state index in [0.29, 0.717) is 39.6 Å². The molecule has 30 heavy (non-hydrogen) atoms. The number of amides is 2. The van der Waals surface area contributed by atoms with E-state index in [1.54, 1.807) is 18.2 Å². The van der Waals surface area contributed by atoms with Crippen molar-refractivity contribution < 1.29 is 28.5 Å². The van der Waals surface area contributed by atoms with Gasteiger partial charge in [0.1, 0.15) is 5.75 Å². The molecule has 2 aromatic rings. The van der Waals surface area contributed by atoms with Gasteiger partial charge in [-0.25, -0.2) is 0 Å². The Morgan fingerprint density at radius 2 is 1.47 bits per heavy atom. The largest absolute Gasteiger partial charge is 0.493 e. The molecule has 2 aromatic carbocycles. The van der Waals surface area contributed by atoms with Crippen LogP contribution in [0.25, 0.3) is 0 Å². The van der Waals surface area contributed by atoms with E-state index in [-0.39, 0.29) is 5.56 Å². The molecule has 162 valence electrons. The second-order valence-corrected chi connectivity index (χ2v) is 7.02. The summed E-state index contributed by atoms with van der Waals surface area (Å²) in [5.74, 6) is 0.665. The summed E-state index contributed by atoms with van der Waals surface area (Å²) in [5, 5.41) is 0. The first-order valence-electron chi connectivity index (χ1n) is 9.28. The Kier molecular flexibility index (Phi) is 8.79. The summed E-state index contributed by atoms with van der Waals surface area (Å²) < 4.78 is 22.0. The zero-order chi connectivity index (χ0) is 22.1. The van der Waals surface area contributed by atoms with Crippen LogP contribution in [0.4, 0.5) is 0 Å². The molecule has 2 N–H and O–H groups in total. The monoisotopic (exact) mass is 480 g/mol. The number of hydrogen-bond acceptors (Lipinski definition) is 6. The van der Waals surface area contributed by atoms with Crippen molar-refractivity contribution in [3.63, 3.8) is 0 Å². The maximum absolute atomic E-state index is 12.5. The first kappa shape index (κ1) is 23.3. The van der Waals surface area contributed by atoms with Crippen molar-refractivity contribution in [2.24, 2.45) is 0 Å². The Labute approximate surface area is 183 Å². The smallest absolute Gasteiger partial charge is 0.269 e. The van der Waals surface area contributed by atoms with Crippen LogP contribution in [0.1, 0.15) is 40.5 Å². The SMILES string of the molecule is CCCCOc1ccc(C(=O)NNC(=O)c2cc(OC)c(OC)c(OC)c2)cc1Br. The number of hydrogen-bond donors (Lipinski definition) is 2. The van der Waals surface area contributed by atoms with Gasteiger partial charge in [-0.3, -0.25) is 20.4 Å². The standard InChI is InChI=1S/C21H25BrN2O6/c1-5-6-9-30-16-8-7-13(10-15(16)22)20(25)23-24-21(26)14-11-17(27-2)19(29-4)18(12-14)28-3/h7-8,10-12H,5-6,9H2,1-4H3,(H,23,25)(H,24,26). The van der Waals surface area contributed by atoms with Crippen molar-refractivity contribution in [2.45, 2.75) is 19.8 Å². The molecule has 0 aromatic heterocycles. The van der Waals surface area contributed by atoms with Gasteiger partial charge in [0.05, 0.1) is 32.4 Å². The summed E-state index contributed by atoms with van der Waals surface area (Å²) in [4.78, 5) is 24.9. The second-order valence-electron chi connectivity index (χ2n) is 6.17. The molecule has 2 amide bonds. The number of carbonyl (C=O) groups excluding carboxylic acids is 2. The third-order valence-corrected chi connectivity index (χ3v) is 4.79. The fourth-order valence-electron chi connectivity index (χ4n) is 2.56. The lowest BCUT2D eigenvalue weighted by Gasteiger charge is -2.14. The van der Waals surface area contributed by atoms with Gasteiger partial charge >= 0.3 is 0 Å². The Bertz CT molecular complexity index is 878. The number of methoxy groups -OCH3 is 3. The normalized spacial score (nSPS) is 10.2. The molecule has 0 fully saturated rings. The third kappa shape index (κ3) is 5.79. The summed E-state index contributed by atoms with van der Waals surface area (Å²) in [7, 11) is 4.38. The van der Waals surface area contributed by atoms with Gasteiger partial charge in [0.25, 0.3) is 11.8 Å². The quantitative estimate of drug-likeness (QED) is 0.419. The molecule has 0 spiro atoms.